The first-order valence-corrected chi connectivity index (χ1v) is 6.42. The predicted molar refractivity (Wildman–Crippen MR) is 70.3 cm³/mol. The van der Waals surface area contributed by atoms with Crippen molar-refractivity contribution in [2.75, 3.05) is 6.54 Å². The van der Waals surface area contributed by atoms with E-state index in [0.717, 1.165) is 25.8 Å². The van der Waals surface area contributed by atoms with E-state index in [1.165, 1.54) is 19.3 Å². The molecular formula is C14H25NO. The highest BCUT2D eigenvalue weighted by Crippen LogP contribution is 1.99. The molecule has 1 N–H and O–H groups in total. The molecule has 0 spiro atoms. The normalized spacial score (nSPS) is 11.4. The van der Waals surface area contributed by atoms with Gasteiger partial charge in [0.05, 0.1) is 0 Å². The zero-order valence-corrected chi connectivity index (χ0v) is 10.7. The van der Waals surface area contributed by atoms with Crippen LogP contribution in [0.1, 0.15) is 52.4 Å². The number of carbonyl (C=O) groups is 1. The van der Waals surface area contributed by atoms with Gasteiger partial charge in [-0.25, -0.2) is 0 Å². The molecule has 0 saturated heterocycles. The number of hydrogen-bond acceptors (Lipinski definition) is 1. The summed E-state index contributed by atoms with van der Waals surface area (Å²) >= 11 is 0. The van der Waals surface area contributed by atoms with Gasteiger partial charge in [0, 0.05) is 12.6 Å². The Balaban J connectivity index is 3.46. The van der Waals surface area contributed by atoms with Gasteiger partial charge in [-0.05, 0) is 19.3 Å². The van der Waals surface area contributed by atoms with E-state index in [-0.39, 0.29) is 5.91 Å². The van der Waals surface area contributed by atoms with Gasteiger partial charge in [-0.15, -0.1) is 0 Å². The van der Waals surface area contributed by atoms with Gasteiger partial charge in [0.25, 0.3) is 0 Å². The molecule has 1 amide bonds. The maximum absolute atomic E-state index is 11.2. The summed E-state index contributed by atoms with van der Waals surface area (Å²) < 4.78 is 0. The minimum Gasteiger partial charge on any atom is -0.353 e. The van der Waals surface area contributed by atoms with Crippen LogP contribution in [0.15, 0.2) is 24.3 Å². The van der Waals surface area contributed by atoms with E-state index in [9.17, 15) is 4.79 Å². The van der Waals surface area contributed by atoms with Crippen LogP contribution < -0.4 is 5.32 Å². The molecule has 0 aliphatic rings. The van der Waals surface area contributed by atoms with Crippen LogP contribution in [0.3, 0.4) is 0 Å². The summed E-state index contributed by atoms with van der Waals surface area (Å²) in [6.07, 6.45) is 14.5. The molecule has 16 heavy (non-hydrogen) atoms. The summed E-state index contributed by atoms with van der Waals surface area (Å²) in [6, 6.07) is 0. The fourth-order valence-corrected chi connectivity index (χ4v) is 1.28. The van der Waals surface area contributed by atoms with Gasteiger partial charge >= 0.3 is 0 Å². The second-order valence-electron chi connectivity index (χ2n) is 3.93. The molecule has 92 valence electrons. The summed E-state index contributed by atoms with van der Waals surface area (Å²) in [7, 11) is 0. The Hall–Kier alpha value is -1.05. The van der Waals surface area contributed by atoms with E-state index in [1.54, 1.807) is 6.08 Å². The molecule has 0 fully saturated rings. The van der Waals surface area contributed by atoms with Crippen molar-refractivity contribution in [2.24, 2.45) is 0 Å². The topological polar surface area (TPSA) is 29.1 Å². The summed E-state index contributed by atoms with van der Waals surface area (Å²) in [4.78, 5) is 11.2. The summed E-state index contributed by atoms with van der Waals surface area (Å²) in [6.45, 7) is 5.09. The van der Waals surface area contributed by atoms with Crippen molar-refractivity contribution in [3.05, 3.63) is 24.3 Å². The standard InChI is InChI=1S/C14H25NO/c1-3-5-7-8-9-10-11-12-14(16)15-13-6-4-2/h9-12H,3-8,13H2,1-2H3,(H,15,16)/b10-9+,12-11+. The molecule has 0 rings (SSSR count). The molecule has 0 saturated carbocycles. The summed E-state index contributed by atoms with van der Waals surface area (Å²) in [5, 5.41) is 2.84. The van der Waals surface area contributed by atoms with Crippen LogP contribution in [0.5, 0.6) is 0 Å². The maximum atomic E-state index is 11.2. The van der Waals surface area contributed by atoms with Crippen LogP contribution in [0.4, 0.5) is 0 Å². The molecule has 0 aromatic carbocycles. The fourth-order valence-electron chi connectivity index (χ4n) is 1.28. The van der Waals surface area contributed by atoms with Crippen molar-refractivity contribution in [3.8, 4) is 0 Å². The Kier molecular flexibility index (Phi) is 11.2. The van der Waals surface area contributed by atoms with Crippen LogP contribution >= 0.6 is 0 Å². The lowest BCUT2D eigenvalue weighted by Gasteiger charge is -1.98. The molecule has 0 unspecified atom stereocenters. The van der Waals surface area contributed by atoms with Gasteiger partial charge < -0.3 is 5.32 Å². The molecule has 0 bridgehead atoms. The lowest BCUT2D eigenvalue weighted by atomic mass is 10.2. The molecule has 0 aliphatic heterocycles. The molecule has 0 atom stereocenters. The van der Waals surface area contributed by atoms with Gasteiger partial charge in [-0.1, -0.05) is 51.3 Å². The van der Waals surface area contributed by atoms with Gasteiger partial charge in [0.2, 0.25) is 5.91 Å². The lowest BCUT2D eigenvalue weighted by molar-refractivity contribution is -0.116. The predicted octanol–water partition coefficient (Wildman–Crippen LogP) is 3.60. The molecule has 0 aromatic rings. The molecule has 0 aromatic heterocycles. The van der Waals surface area contributed by atoms with Gasteiger partial charge in [-0.3, -0.25) is 4.79 Å². The number of hydrogen-bond donors (Lipinski definition) is 1. The highest BCUT2D eigenvalue weighted by molar-refractivity contribution is 5.87. The minimum atomic E-state index is 0.00616. The first-order valence-electron chi connectivity index (χ1n) is 6.42. The lowest BCUT2D eigenvalue weighted by Crippen LogP contribution is -2.21. The minimum absolute atomic E-state index is 0.00616. The van der Waals surface area contributed by atoms with Crippen molar-refractivity contribution >= 4 is 5.91 Å². The van der Waals surface area contributed by atoms with E-state index < -0.39 is 0 Å². The van der Waals surface area contributed by atoms with Crippen LogP contribution in [0.25, 0.3) is 0 Å². The zero-order chi connectivity index (χ0) is 12.1. The second-order valence-corrected chi connectivity index (χ2v) is 3.93. The molecule has 0 aliphatic carbocycles. The molecule has 2 heteroatoms. The Morgan fingerprint density at radius 1 is 1.06 bits per heavy atom. The van der Waals surface area contributed by atoms with Gasteiger partial charge in [0.15, 0.2) is 0 Å². The number of unbranched alkanes of at least 4 members (excludes halogenated alkanes) is 4. The van der Waals surface area contributed by atoms with Crippen LogP contribution in [0, 0.1) is 0 Å². The van der Waals surface area contributed by atoms with Crippen molar-refractivity contribution < 1.29 is 4.79 Å². The van der Waals surface area contributed by atoms with Gasteiger partial charge in [0.1, 0.15) is 0 Å². The largest absolute Gasteiger partial charge is 0.353 e. The van der Waals surface area contributed by atoms with Crippen LogP contribution in [-0.2, 0) is 4.79 Å². The van der Waals surface area contributed by atoms with Crippen LogP contribution in [-0.4, -0.2) is 12.5 Å². The first kappa shape index (κ1) is 14.9. The van der Waals surface area contributed by atoms with Gasteiger partial charge in [-0.2, -0.15) is 0 Å². The number of rotatable bonds is 9. The number of nitrogens with one attached hydrogen (secondary N) is 1. The number of allylic oxidation sites excluding steroid dienone is 3. The third-order valence-corrected chi connectivity index (χ3v) is 2.30. The van der Waals surface area contributed by atoms with Crippen molar-refractivity contribution in [1.29, 1.82) is 0 Å². The van der Waals surface area contributed by atoms with E-state index in [0.29, 0.717) is 0 Å². The molecular weight excluding hydrogens is 198 g/mol. The second kappa shape index (κ2) is 12.0. The summed E-state index contributed by atoms with van der Waals surface area (Å²) in [5.74, 6) is 0.00616. The quantitative estimate of drug-likeness (QED) is 0.361. The van der Waals surface area contributed by atoms with Crippen molar-refractivity contribution in [2.45, 2.75) is 52.4 Å². The number of carbonyl (C=O) groups excluding carboxylic acids is 1. The zero-order valence-electron chi connectivity index (χ0n) is 10.7. The van der Waals surface area contributed by atoms with E-state index in [1.807, 2.05) is 12.2 Å². The maximum Gasteiger partial charge on any atom is 0.243 e. The average molecular weight is 223 g/mol. The van der Waals surface area contributed by atoms with Crippen LogP contribution in [0.2, 0.25) is 0 Å². The first-order chi connectivity index (χ1) is 7.81. The number of amides is 1. The summed E-state index contributed by atoms with van der Waals surface area (Å²) in [5.41, 5.74) is 0. The SMILES string of the molecule is CCCCC/C=C/C=C/C(=O)NCCCC. The Bertz CT molecular complexity index is 219. The molecule has 0 heterocycles. The highest BCUT2D eigenvalue weighted by atomic mass is 16.1. The Morgan fingerprint density at radius 3 is 2.50 bits per heavy atom. The molecule has 2 nitrogen and oxygen atoms in total. The highest BCUT2D eigenvalue weighted by Gasteiger charge is 1.90. The Labute approximate surface area is 99.8 Å². The van der Waals surface area contributed by atoms with Crippen molar-refractivity contribution in [3.63, 3.8) is 0 Å². The third kappa shape index (κ3) is 11.0. The van der Waals surface area contributed by atoms with E-state index in [2.05, 4.69) is 25.2 Å². The van der Waals surface area contributed by atoms with Crippen molar-refractivity contribution in [1.82, 2.24) is 5.32 Å². The third-order valence-electron chi connectivity index (χ3n) is 2.30. The van der Waals surface area contributed by atoms with E-state index >= 15 is 0 Å². The van der Waals surface area contributed by atoms with E-state index in [4.69, 9.17) is 0 Å². The smallest absolute Gasteiger partial charge is 0.243 e. The average Bonchev–Trinajstić information content (AvgIpc) is 2.28. The Morgan fingerprint density at radius 2 is 1.81 bits per heavy atom. The molecule has 0 radical (unpaired) electrons. The monoisotopic (exact) mass is 223 g/mol. The fraction of sp³-hybridized carbons (Fsp3) is 0.643.